The van der Waals surface area contributed by atoms with Crippen LogP contribution in [-0.2, 0) is 9.53 Å². The summed E-state index contributed by atoms with van der Waals surface area (Å²) in [7, 11) is 0. The van der Waals surface area contributed by atoms with Gasteiger partial charge in [-0.3, -0.25) is 4.79 Å². The zero-order valence-electron chi connectivity index (χ0n) is 10.00. The van der Waals surface area contributed by atoms with Crippen molar-refractivity contribution in [2.45, 2.75) is 26.2 Å². The molecule has 0 bridgehead atoms. The first-order chi connectivity index (χ1) is 7.52. The lowest BCUT2D eigenvalue weighted by atomic mass is 10.1. The molecule has 0 saturated carbocycles. The van der Waals surface area contributed by atoms with Crippen LogP contribution in [0.3, 0.4) is 0 Å². The molecule has 0 fully saturated rings. The van der Waals surface area contributed by atoms with Crippen molar-refractivity contribution in [1.82, 2.24) is 0 Å². The predicted molar refractivity (Wildman–Crippen MR) is 67.0 cm³/mol. The highest BCUT2D eigenvalue weighted by atomic mass is 16.5. The van der Waals surface area contributed by atoms with E-state index in [0.717, 1.165) is 30.4 Å². The van der Waals surface area contributed by atoms with Crippen molar-refractivity contribution in [3.8, 4) is 0 Å². The number of nitrogens with two attached hydrogens (primary N) is 1. The molecule has 0 aliphatic heterocycles. The van der Waals surface area contributed by atoms with Crippen molar-refractivity contribution in [3.05, 3.63) is 36.5 Å². The summed E-state index contributed by atoms with van der Waals surface area (Å²) in [5.74, 6) is -0.422. The number of amides is 1. The van der Waals surface area contributed by atoms with Crippen LogP contribution in [0.5, 0.6) is 0 Å². The highest BCUT2D eigenvalue weighted by molar-refractivity contribution is 5.74. The first kappa shape index (κ1) is 14.6. The normalized spacial score (nSPS) is 10.6. The van der Waals surface area contributed by atoms with E-state index >= 15 is 0 Å². The maximum Gasteiger partial charge on any atom is 0.243 e. The van der Waals surface area contributed by atoms with Crippen LogP contribution < -0.4 is 5.73 Å². The Kier molecular flexibility index (Phi) is 8.17. The fraction of sp³-hybridized carbons (Fsp3) is 0.462. The quantitative estimate of drug-likeness (QED) is 0.482. The summed E-state index contributed by atoms with van der Waals surface area (Å²) in [5.41, 5.74) is 7.03. The van der Waals surface area contributed by atoms with Gasteiger partial charge in [-0.25, -0.2) is 0 Å². The minimum atomic E-state index is -0.422. The third-order valence-electron chi connectivity index (χ3n) is 1.88. The largest absolute Gasteiger partial charge is 0.372 e. The minimum Gasteiger partial charge on any atom is -0.372 e. The Balaban J connectivity index is 3.41. The van der Waals surface area contributed by atoms with Gasteiger partial charge < -0.3 is 10.5 Å². The van der Waals surface area contributed by atoms with Crippen LogP contribution in [0.25, 0.3) is 0 Å². The Morgan fingerprint density at radius 2 is 2.00 bits per heavy atom. The van der Waals surface area contributed by atoms with Gasteiger partial charge >= 0.3 is 0 Å². The van der Waals surface area contributed by atoms with Crippen LogP contribution in [0.15, 0.2) is 36.5 Å². The Morgan fingerprint density at radius 3 is 2.56 bits per heavy atom. The van der Waals surface area contributed by atoms with E-state index in [1.165, 1.54) is 0 Å². The molecule has 0 aliphatic carbocycles. The van der Waals surface area contributed by atoms with Crippen molar-refractivity contribution in [2.24, 2.45) is 5.73 Å². The Morgan fingerprint density at radius 1 is 1.31 bits per heavy atom. The van der Waals surface area contributed by atoms with Gasteiger partial charge in [0.05, 0.1) is 0 Å². The van der Waals surface area contributed by atoms with Gasteiger partial charge in [-0.05, 0) is 26.2 Å². The summed E-state index contributed by atoms with van der Waals surface area (Å²) in [4.78, 5) is 10.4. The van der Waals surface area contributed by atoms with E-state index in [9.17, 15) is 4.79 Å². The molecule has 16 heavy (non-hydrogen) atoms. The second-order valence-corrected chi connectivity index (χ2v) is 3.81. The van der Waals surface area contributed by atoms with Crippen LogP contribution >= 0.6 is 0 Å². The third kappa shape index (κ3) is 10.7. The van der Waals surface area contributed by atoms with Crippen LogP contribution in [0.2, 0.25) is 0 Å². The molecule has 0 saturated heterocycles. The van der Waals surface area contributed by atoms with Crippen LogP contribution in [0, 0.1) is 0 Å². The molecule has 0 atom stereocenters. The monoisotopic (exact) mass is 223 g/mol. The standard InChI is InChI=1S/C13H21NO2/c1-11(2)7-8-12(3)6-4-5-9-16-10-13(14)15/h7-8H,1,3-6,9-10H2,2H3,(H2,14,15)/b8-7-. The smallest absolute Gasteiger partial charge is 0.243 e. The molecule has 0 aliphatic rings. The molecule has 3 nitrogen and oxygen atoms in total. The van der Waals surface area contributed by atoms with Gasteiger partial charge in [0.25, 0.3) is 0 Å². The van der Waals surface area contributed by atoms with E-state index in [1.54, 1.807) is 0 Å². The second kappa shape index (κ2) is 8.92. The van der Waals surface area contributed by atoms with Crippen molar-refractivity contribution in [1.29, 1.82) is 0 Å². The van der Waals surface area contributed by atoms with E-state index in [0.29, 0.717) is 6.61 Å². The van der Waals surface area contributed by atoms with Crippen LogP contribution in [0.4, 0.5) is 0 Å². The Hall–Kier alpha value is -1.35. The number of ether oxygens (including phenoxy) is 1. The molecule has 0 aromatic carbocycles. The van der Waals surface area contributed by atoms with E-state index < -0.39 is 5.91 Å². The molecule has 0 unspecified atom stereocenters. The molecule has 0 radical (unpaired) electrons. The van der Waals surface area contributed by atoms with E-state index in [4.69, 9.17) is 10.5 Å². The van der Waals surface area contributed by atoms with Crippen molar-refractivity contribution in [3.63, 3.8) is 0 Å². The SMILES string of the molecule is C=C(C)/C=C\C(=C)CCCCOCC(N)=O. The molecule has 0 rings (SSSR count). The number of carbonyl (C=O) groups excluding carboxylic acids is 1. The highest BCUT2D eigenvalue weighted by Crippen LogP contribution is 2.07. The van der Waals surface area contributed by atoms with E-state index in [2.05, 4.69) is 13.2 Å². The average molecular weight is 223 g/mol. The van der Waals surface area contributed by atoms with Gasteiger partial charge in [0.1, 0.15) is 6.61 Å². The molecule has 1 amide bonds. The minimum absolute atomic E-state index is 0.0104. The lowest BCUT2D eigenvalue weighted by Gasteiger charge is -2.02. The number of unbranched alkanes of at least 4 members (excludes halogenated alkanes) is 1. The first-order valence-electron chi connectivity index (χ1n) is 5.40. The second-order valence-electron chi connectivity index (χ2n) is 3.81. The molecule has 0 heterocycles. The number of hydrogen-bond donors (Lipinski definition) is 1. The maximum atomic E-state index is 10.4. The summed E-state index contributed by atoms with van der Waals surface area (Å²) in [5, 5.41) is 0. The Bertz CT molecular complexity index is 280. The summed E-state index contributed by atoms with van der Waals surface area (Å²) in [6, 6.07) is 0. The van der Waals surface area contributed by atoms with Gasteiger partial charge in [-0.1, -0.05) is 36.5 Å². The van der Waals surface area contributed by atoms with Gasteiger partial charge in [-0.15, -0.1) is 0 Å². The molecule has 90 valence electrons. The predicted octanol–water partition coefficient (Wildman–Crippen LogP) is 2.35. The lowest BCUT2D eigenvalue weighted by Crippen LogP contribution is -2.18. The maximum absolute atomic E-state index is 10.4. The molecular weight excluding hydrogens is 202 g/mol. The first-order valence-corrected chi connectivity index (χ1v) is 5.40. The molecule has 3 heteroatoms. The van der Waals surface area contributed by atoms with Crippen molar-refractivity contribution >= 4 is 5.91 Å². The summed E-state index contributed by atoms with van der Waals surface area (Å²) in [6.45, 7) is 10.2. The van der Waals surface area contributed by atoms with Gasteiger partial charge in [0, 0.05) is 6.61 Å². The molecule has 0 spiro atoms. The van der Waals surface area contributed by atoms with E-state index in [1.807, 2.05) is 19.1 Å². The molecular formula is C13H21NO2. The summed E-state index contributed by atoms with van der Waals surface area (Å²) >= 11 is 0. The summed E-state index contributed by atoms with van der Waals surface area (Å²) < 4.78 is 5.04. The summed E-state index contributed by atoms with van der Waals surface area (Å²) in [6.07, 6.45) is 6.77. The number of primary amides is 1. The van der Waals surface area contributed by atoms with Crippen LogP contribution in [0.1, 0.15) is 26.2 Å². The Labute approximate surface area is 97.7 Å². The van der Waals surface area contributed by atoms with E-state index in [-0.39, 0.29) is 6.61 Å². The highest BCUT2D eigenvalue weighted by Gasteiger charge is 1.94. The van der Waals surface area contributed by atoms with Gasteiger partial charge in [0.15, 0.2) is 0 Å². The van der Waals surface area contributed by atoms with Gasteiger partial charge in [0.2, 0.25) is 5.91 Å². The molecule has 0 aromatic rings. The van der Waals surface area contributed by atoms with Crippen LogP contribution in [-0.4, -0.2) is 19.1 Å². The lowest BCUT2D eigenvalue weighted by molar-refractivity contribution is -0.122. The fourth-order valence-corrected chi connectivity index (χ4v) is 1.07. The fourth-order valence-electron chi connectivity index (χ4n) is 1.07. The van der Waals surface area contributed by atoms with Gasteiger partial charge in [-0.2, -0.15) is 0 Å². The third-order valence-corrected chi connectivity index (χ3v) is 1.88. The van der Waals surface area contributed by atoms with Crippen molar-refractivity contribution < 1.29 is 9.53 Å². The number of rotatable bonds is 9. The topological polar surface area (TPSA) is 52.3 Å². The van der Waals surface area contributed by atoms with Crippen molar-refractivity contribution in [2.75, 3.05) is 13.2 Å². The molecule has 0 aromatic heterocycles. The number of hydrogen-bond acceptors (Lipinski definition) is 2. The average Bonchev–Trinajstić information content (AvgIpc) is 2.19. The zero-order chi connectivity index (χ0) is 12.4. The number of allylic oxidation sites excluding steroid dienone is 4. The zero-order valence-corrected chi connectivity index (χ0v) is 10.00. The molecule has 2 N–H and O–H groups in total. The number of carbonyl (C=O) groups is 1.